The third-order valence-electron chi connectivity index (χ3n) is 2.66. The van der Waals surface area contributed by atoms with Crippen molar-refractivity contribution in [3.8, 4) is 6.07 Å². The van der Waals surface area contributed by atoms with E-state index in [-0.39, 0.29) is 18.4 Å². The Morgan fingerprint density at radius 1 is 1.71 bits per heavy atom. The second-order valence-corrected chi connectivity index (χ2v) is 3.73. The van der Waals surface area contributed by atoms with Crippen molar-refractivity contribution in [3.05, 3.63) is 0 Å². The molecule has 1 fully saturated rings. The Bertz CT molecular complexity index is 245. The first kappa shape index (κ1) is 11.0. The summed E-state index contributed by atoms with van der Waals surface area (Å²) in [6, 6.07) is 1.76. The molecular weight excluding hydrogens is 180 g/mol. The summed E-state index contributed by atoms with van der Waals surface area (Å²) in [6.07, 6.45) is 2.28. The van der Waals surface area contributed by atoms with Gasteiger partial charge in [-0.15, -0.1) is 0 Å². The van der Waals surface area contributed by atoms with Crippen LogP contribution in [0.1, 0.15) is 32.6 Å². The Morgan fingerprint density at radius 3 is 3.00 bits per heavy atom. The fourth-order valence-corrected chi connectivity index (χ4v) is 1.94. The topological polar surface area (TPSA) is 64.3 Å². The summed E-state index contributed by atoms with van der Waals surface area (Å²) in [5.41, 5.74) is 0. The van der Waals surface area contributed by atoms with Gasteiger partial charge in [0.2, 0.25) is 5.91 Å². The van der Waals surface area contributed by atoms with E-state index in [1.54, 1.807) is 11.8 Å². The van der Waals surface area contributed by atoms with E-state index in [9.17, 15) is 9.90 Å². The van der Waals surface area contributed by atoms with Gasteiger partial charge in [-0.05, 0) is 26.2 Å². The molecule has 4 nitrogen and oxygen atoms in total. The molecule has 0 saturated carbocycles. The van der Waals surface area contributed by atoms with Crippen molar-refractivity contribution in [1.82, 2.24) is 4.90 Å². The van der Waals surface area contributed by atoms with Crippen molar-refractivity contribution in [3.63, 3.8) is 0 Å². The number of amides is 1. The second kappa shape index (κ2) is 4.97. The molecule has 0 aromatic rings. The Balaban J connectivity index is 2.63. The molecule has 1 aliphatic heterocycles. The van der Waals surface area contributed by atoms with Crippen LogP contribution in [0.4, 0.5) is 0 Å². The lowest BCUT2D eigenvalue weighted by Gasteiger charge is -2.37. The van der Waals surface area contributed by atoms with Gasteiger partial charge in [0.25, 0.3) is 0 Å². The number of rotatable bonds is 2. The van der Waals surface area contributed by atoms with Gasteiger partial charge in [0.15, 0.2) is 0 Å². The van der Waals surface area contributed by atoms with Crippen molar-refractivity contribution < 1.29 is 9.90 Å². The van der Waals surface area contributed by atoms with Crippen LogP contribution in [0.2, 0.25) is 0 Å². The number of nitriles is 1. The number of hydrogen-bond acceptors (Lipinski definition) is 3. The largest absolute Gasteiger partial charge is 0.391 e. The van der Waals surface area contributed by atoms with E-state index in [0.717, 1.165) is 19.3 Å². The molecule has 1 N–H and O–H groups in total. The molecule has 1 aliphatic rings. The van der Waals surface area contributed by atoms with Crippen LogP contribution < -0.4 is 0 Å². The molecule has 1 amide bonds. The standard InChI is InChI=1S/C10H16N2O2/c1-8(13)9-4-2-3-7-12(9)10(14)5-6-11/h8-9,13H,2-5,7H2,1H3/t8-,9+/m1/s1. The molecular formula is C10H16N2O2. The summed E-state index contributed by atoms with van der Waals surface area (Å²) in [5.74, 6) is -0.155. The van der Waals surface area contributed by atoms with Gasteiger partial charge in [0, 0.05) is 6.54 Å². The number of aliphatic hydroxyl groups excluding tert-OH is 1. The predicted octanol–water partition coefficient (Wildman–Crippen LogP) is 0.662. The molecule has 1 heterocycles. The molecule has 0 aromatic carbocycles. The quantitative estimate of drug-likeness (QED) is 0.705. The molecule has 0 unspecified atom stereocenters. The zero-order chi connectivity index (χ0) is 10.6. The fourth-order valence-electron chi connectivity index (χ4n) is 1.94. The third-order valence-corrected chi connectivity index (χ3v) is 2.66. The molecule has 0 aromatic heterocycles. The lowest BCUT2D eigenvalue weighted by atomic mass is 9.98. The van der Waals surface area contributed by atoms with Crippen molar-refractivity contribution in [1.29, 1.82) is 5.26 Å². The van der Waals surface area contributed by atoms with E-state index in [1.807, 2.05) is 6.07 Å². The monoisotopic (exact) mass is 196 g/mol. The summed E-state index contributed by atoms with van der Waals surface area (Å²) in [6.45, 7) is 2.37. The van der Waals surface area contributed by atoms with E-state index in [0.29, 0.717) is 6.54 Å². The lowest BCUT2D eigenvalue weighted by Crippen LogP contribution is -2.48. The molecule has 0 aliphatic carbocycles. The molecule has 0 radical (unpaired) electrons. The SMILES string of the molecule is C[C@@H](O)[C@@H]1CCCCN1C(=O)CC#N. The summed E-state index contributed by atoms with van der Waals surface area (Å²) in [5, 5.41) is 17.9. The highest BCUT2D eigenvalue weighted by Gasteiger charge is 2.29. The van der Waals surface area contributed by atoms with Gasteiger partial charge in [0.05, 0.1) is 18.2 Å². The van der Waals surface area contributed by atoms with E-state index in [4.69, 9.17) is 5.26 Å². The highest BCUT2D eigenvalue weighted by Crippen LogP contribution is 2.20. The highest BCUT2D eigenvalue weighted by molar-refractivity contribution is 5.78. The van der Waals surface area contributed by atoms with Crippen LogP contribution in [-0.4, -0.2) is 34.6 Å². The van der Waals surface area contributed by atoms with Crippen molar-refractivity contribution >= 4 is 5.91 Å². The van der Waals surface area contributed by atoms with Crippen LogP contribution in [-0.2, 0) is 4.79 Å². The molecule has 0 spiro atoms. The van der Waals surface area contributed by atoms with Crippen LogP contribution in [0.3, 0.4) is 0 Å². The van der Waals surface area contributed by atoms with E-state index in [1.165, 1.54) is 0 Å². The number of nitrogens with zero attached hydrogens (tertiary/aromatic N) is 2. The minimum Gasteiger partial charge on any atom is -0.391 e. The lowest BCUT2D eigenvalue weighted by molar-refractivity contribution is -0.136. The van der Waals surface area contributed by atoms with Gasteiger partial charge in [-0.3, -0.25) is 4.79 Å². The van der Waals surface area contributed by atoms with Crippen LogP contribution in [0, 0.1) is 11.3 Å². The maximum absolute atomic E-state index is 11.5. The number of likely N-dealkylation sites (tertiary alicyclic amines) is 1. The first-order chi connectivity index (χ1) is 6.66. The number of carbonyl (C=O) groups excluding carboxylic acids is 1. The first-order valence-corrected chi connectivity index (χ1v) is 5.01. The van der Waals surface area contributed by atoms with Gasteiger partial charge < -0.3 is 10.0 Å². The van der Waals surface area contributed by atoms with Crippen LogP contribution in [0.15, 0.2) is 0 Å². The number of carbonyl (C=O) groups is 1. The van der Waals surface area contributed by atoms with Crippen molar-refractivity contribution in [2.24, 2.45) is 0 Å². The molecule has 4 heteroatoms. The minimum absolute atomic E-state index is 0.0801. The molecule has 78 valence electrons. The summed E-state index contributed by atoms with van der Waals surface area (Å²) in [4.78, 5) is 13.2. The highest BCUT2D eigenvalue weighted by atomic mass is 16.3. The Morgan fingerprint density at radius 2 is 2.43 bits per heavy atom. The average Bonchev–Trinajstić information content (AvgIpc) is 2.18. The maximum Gasteiger partial charge on any atom is 0.237 e. The normalized spacial score (nSPS) is 24.1. The molecule has 1 rings (SSSR count). The summed E-state index contributed by atoms with van der Waals surface area (Å²) in [7, 11) is 0. The van der Waals surface area contributed by atoms with Crippen LogP contribution in [0.25, 0.3) is 0 Å². The number of piperidine rings is 1. The molecule has 14 heavy (non-hydrogen) atoms. The average molecular weight is 196 g/mol. The van der Waals surface area contributed by atoms with Gasteiger partial charge >= 0.3 is 0 Å². The van der Waals surface area contributed by atoms with Gasteiger partial charge in [-0.1, -0.05) is 0 Å². The Hall–Kier alpha value is -1.08. The van der Waals surface area contributed by atoms with Gasteiger partial charge in [-0.25, -0.2) is 0 Å². The summed E-state index contributed by atoms with van der Waals surface area (Å²) < 4.78 is 0. The smallest absolute Gasteiger partial charge is 0.237 e. The third kappa shape index (κ3) is 2.46. The Labute approximate surface area is 84.1 Å². The van der Waals surface area contributed by atoms with E-state index >= 15 is 0 Å². The van der Waals surface area contributed by atoms with Crippen LogP contribution in [0.5, 0.6) is 0 Å². The zero-order valence-electron chi connectivity index (χ0n) is 8.44. The molecule has 2 atom stereocenters. The Kier molecular flexibility index (Phi) is 3.90. The fraction of sp³-hybridized carbons (Fsp3) is 0.800. The first-order valence-electron chi connectivity index (χ1n) is 5.01. The zero-order valence-corrected chi connectivity index (χ0v) is 8.44. The molecule has 1 saturated heterocycles. The number of hydrogen-bond donors (Lipinski definition) is 1. The predicted molar refractivity (Wildman–Crippen MR) is 51.3 cm³/mol. The molecule has 0 bridgehead atoms. The minimum atomic E-state index is -0.502. The summed E-state index contributed by atoms with van der Waals surface area (Å²) >= 11 is 0. The second-order valence-electron chi connectivity index (χ2n) is 3.73. The maximum atomic E-state index is 11.5. The van der Waals surface area contributed by atoms with Crippen molar-refractivity contribution in [2.75, 3.05) is 6.54 Å². The van der Waals surface area contributed by atoms with E-state index < -0.39 is 6.10 Å². The van der Waals surface area contributed by atoms with E-state index in [2.05, 4.69) is 0 Å². The van der Waals surface area contributed by atoms with Crippen LogP contribution >= 0.6 is 0 Å². The van der Waals surface area contributed by atoms with Crippen molar-refractivity contribution in [2.45, 2.75) is 44.8 Å². The van der Waals surface area contributed by atoms with Gasteiger partial charge in [-0.2, -0.15) is 5.26 Å². The number of aliphatic hydroxyl groups is 1. The van der Waals surface area contributed by atoms with Gasteiger partial charge in [0.1, 0.15) is 6.42 Å².